The number of carboxylic acid groups (broad SMARTS) is 1. The van der Waals surface area contributed by atoms with Crippen LogP contribution in [0.15, 0.2) is 60.7 Å². The number of amides is 2. The summed E-state index contributed by atoms with van der Waals surface area (Å²) in [5.41, 5.74) is 1.42. The Hall–Kier alpha value is -3.15. The number of hydrogen-bond acceptors (Lipinski definition) is 3. The van der Waals surface area contributed by atoms with Crippen LogP contribution in [0.3, 0.4) is 0 Å². The highest BCUT2D eigenvalue weighted by molar-refractivity contribution is 5.97. The molecule has 3 rings (SSSR count). The fraction of sp³-hybridized carbons (Fsp3) is 0.318. The monoisotopic (exact) mass is 380 g/mol. The molecule has 1 fully saturated rings. The highest BCUT2D eigenvalue weighted by Crippen LogP contribution is 2.25. The van der Waals surface area contributed by atoms with Gasteiger partial charge in [0, 0.05) is 18.0 Å². The Kier molecular flexibility index (Phi) is 6.42. The molecule has 2 aromatic carbocycles. The van der Waals surface area contributed by atoms with E-state index >= 15 is 0 Å². The Morgan fingerprint density at radius 1 is 0.964 bits per heavy atom. The van der Waals surface area contributed by atoms with E-state index in [0.29, 0.717) is 31.2 Å². The number of rotatable bonds is 7. The van der Waals surface area contributed by atoms with E-state index in [9.17, 15) is 14.4 Å². The van der Waals surface area contributed by atoms with Gasteiger partial charge < -0.3 is 15.7 Å². The van der Waals surface area contributed by atoms with Crippen molar-refractivity contribution >= 4 is 17.8 Å². The summed E-state index contributed by atoms with van der Waals surface area (Å²) in [5, 5.41) is 14.9. The molecule has 0 aromatic heterocycles. The van der Waals surface area contributed by atoms with Gasteiger partial charge in [-0.25, -0.2) is 0 Å². The second-order valence-electron chi connectivity index (χ2n) is 7.14. The zero-order chi connectivity index (χ0) is 19.9. The van der Waals surface area contributed by atoms with Crippen LogP contribution in [0.2, 0.25) is 0 Å². The van der Waals surface area contributed by atoms with Gasteiger partial charge in [-0.3, -0.25) is 14.4 Å². The largest absolute Gasteiger partial charge is 0.481 e. The zero-order valence-corrected chi connectivity index (χ0v) is 15.5. The Morgan fingerprint density at radius 2 is 1.61 bits per heavy atom. The van der Waals surface area contributed by atoms with Gasteiger partial charge in [-0.1, -0.05) is 48.5 Å². The second kappa shape index (κ2) is 9.17. The van der Waals surface area contributed by atoms with Crippen molar-refractivity contribution in [3.05, 3.63) is 71.8 Å². The molecule has 0 saturated heterocycles. The molecule has 1 saturated carbocycles. The van der Waals surface area contributed by atoms with Crippen molar-refractivity contribution in [1.29, 1.82) is 0 Å². The number of carbonyl (C=O) groups is 3. The van der Waals surface area contributed by atoms with Gasteiger partial charge >= 0.3 is 5.97 Å². The van der Waals surface area contributed by atoms with Crippen LogP contribution < -0.4 is 10.6 Å². The van der Waals surface area contributed by atoms with Gasteiger partial charge in [0.15, 0.2) is 0 Å². The van der Waals surface area contributed by atoms with Crippen LogP contribution in [0.4, 0.5) is 0 Å². The minimum Gasteiger partial charge on any atom is -0.481 e. The van der Waals surface area contributed by atoms with Crippen molar-refractivity contribution in [2.24, 2.45) is 5.92 Å². The number of carbonyl (C=O) groups excluding carboxylic acids is 2. The average Bonchev–Trinajstić information content (AvgIpc) is 3.17. The van der Waals surface area contributed by atoms with Crippen molar-refractivity contribution in [2.45, 2.75) is 37.8 Å². The first-order valence-corrected chi connectivity index (χ1v) is 9.46. The van der Waals surface area contributed by atoms with Crippen LogP contribution in [-0.4, -0.2) is 35.0 Å². The van der Waals surface area contributed by atoms with Gasteiger partial charge in [-0.15, -0.1) is 0 Å². The predicted octanol–water partition coefficient (Wildman–Crippen LogP) is 2.40. The summed E-state index contributed by atoms with van der Waals surface area (Å²) in [4.78, 5) is 36.6. The van der Waals surface area contributed by atoms with Crippen LogP contribution >= 0.6 is 0 Å². The first-order chi connectivity index (χ1) is 13.5. The third-order valence-electron chi connectivity index (χ3n) is 5.07. The van der Waals surface area contributed by atoms with E-state index < -0.39 is 17.9 Å². The molecule has 1 unspecified atom stereocenters. The van der Waals surface area contributed by atoms with E-state index in [4.69, 9.17) is 5.11 Å². The van der Waals surface area contributed by atoms with Gasteiger partial charge in [0.1, 0.15) is 6.04 Å². The summed E-state index contributed by atoms with van der Waals surface area (Å²) in [6, 6.07) is 17.3. The fourth-order valence-corrected chi connectivity index (χ4v) is 3.53. The van der Waals surface area contributed by atoms with Gasteiger partial charge in [-0.05, 0) is 37.0 Å². The smallest absolute Gasteiger partial charge is 0.306 e. The van der Waals surface area contributed by atoms with Crippen molar-refractivity contribution in [3.8, 4) is 0 Å². The lowest BCUT2D eigenvalue weighted by atomic mass is 10.0. The topological polar surface area (TPSA) is 95.5 Å². The van der Waals surface area contributed by atoms with Crippen molar-refractivity contribution in [1.82, 2.24) is 10.6 Å². The molecule has 0 radical (unpaired) electrons. The molecular formula is C22H24N2O4. The summed E-state index contributed by atoms with van der Waals surface area (Å²) in [5.74, 6) is -1.84. The molecular weight excluding hydrogens is 356 g/mol. The van der Waals surface area contributed by atoms with Crippen molar-refractivity contribution < 1.29 is 19.5 Å². The number of nitrogens with one attached hydrogen (secondary N) is 2. The zero-order valence-electron chi connectivity index (χ0n) is 15.5. The van der Waals surface area contributed by atoms with Crippen LogP contribution in [0.1, 0.15) is 35.2 Å². The minimum absolute atomic E-state index is 0.180. The standard InChI is InChI=1S/C22H24N2O4/c25-20(16-9-5-2-6-10-16)24-19(13-15-7-3-1-4-8-15)21(26)23-18-12-11-17(14-18)22(27)28/h1-10,17-19H,11-14H2,(H,23,26)(H,24,25)(H,27,28)/t17-,18+,19?/m1/s1. The van der Waals surface area contributed by atoms with E-state index in [1.165, 1.54) is 0 Å². The quantitative estimate of drug-likeness (QED) is 0.687. The molecule has 146 valence electrons. The van der Waals surface area contributed by atoms with Gasteiger partial charge in [-0.2, -0.15) is 0 Å². The molecule has 0 spiro atoms. The normalized spacial score (nSPS) is 19.6. The first kappa shape index (κ1) is 19.6. The molecule has 2 amide bonds. The maximum atomic E-state index is 12.9. The first-order valence-electron chi connectivity index (χ1n) is 9.46. The summed E-state index contributed by atoms with van der Waals surface area (Å²) in [7, 11) is 0. The molecule has 0 heterocycles. The average molecular weight is 380 g/mol. The molecule has 0 bridgehead atoms. The molecule has 0 aliphatic heterocycles. The van der Waals surface area contributed by atoms with Crippen molar-refractivity contribution in [2.75, 3.05) is 0 Å². The van der Waals surface area contributed by atoms with E-state index in [1.54, 1.807) is 24.3 Å². The summed E-state index contributed by atoms with van der Waals surface area (Å²) in [6.07, 6.45) is 1.97. The maximum absolute atomic E-state index is 12.9. The second-order valence-corrected chi connectivity index (χ2v) is 7.14. The van der Waals surface area contributed by atoms with Gasteiger partial charge in [0.25, 0.3) is 5.91 Å². The van der Waals surface area contributed by atoms with E-state index in [2.05, 4.69) is 10.6 Å². The van der Waals surface area contributed by atoms with Gasteiger partial charge in [0.2, 0.25) is 5.91 Å². The lowest BCUT2D eigenvalue weighted by Crippen LogP contribution is -2.50. The Bertz CT molecular complexity index is 823. The number of benzene rings is 2. The van der Waals surface area contributed by atoms with Crippen LogP contribution in [0, 0.1) is 5.92 Å². The molecule has 3 atom stereocenters. The number of hydrogen-bond donors (Lipinski definition) is 3. The molecule has 6 heteroatoms. The lowest BCUT2D eigenvalue weighted by molar-refractivity contribution is -0.141. The van der Waals surface area contributed by atoms with Gasteiger partial charge in [0.05, 0.1) is 5.92 Å². The highest BCUT2D eigenvalue weighted by atomic mass is 16.4. The van der Waals surface area contributed by atoms with E-state index in [0.717, 1.165) is 5.56 Å². The van der Waals surface area contributed by atoms with E-state index in [1.807, 2.05) is 36.4 Å². The van der Waals surface area contributed by atoms with Crippen LogP contribution in [0.25, 0.3) is 0 Å². The summed E-state index contributed by atoms with van der Waals surface area (Å²) >= 11 is 0. The third-order valence-corrected chi connectivity index (χ3v) is 5.07. The van der Waals surface area contributed by atoms with E-state index in [-0.39, 0.29) is 17.9 Å². The number of aliphatic carboxylic acids is 1. The number of carboxylic acids is 1. The molecule has 2 aromatic rings. The predicted molar refractivity (Wildman–Crippen MR) is 105 cm³/mol. The summed E-state index contributed by atoms with van der Waals surface area (Å²) < 4.78 is 0. The SMILES string of the molecule is O=C(NC(Cc1ccccc1)C(=O)N[C@H]1CC[C@@H](C(=O)O)C1)c1ccccc1. The summed E-state index contributed by atoms with van der Waals surface area (Å²) in [6.45, 7) is 0. The lowest BCUT2D eigenvalue weighted by Gasteiger charge is -2.21. The maximum Gasteiger partial charge on any atom is 0.306 e. The van der Waals surface area contributed by atoms with Crippen LogP contribution in [-0.2, 0) is 16.0 Å². The van der Waals surface area contributed by atoms with Crippen LogP contribution in [0.5, 0.6) is 0 Å². The Labute approximate surface area is 164 Å². The Balaban J connectivity index is 1.69. The minimum atomic E-state index is -0.824. The molecule has 6 nitrogen and oxygen atoms in total. The molecule has 1 aliphatic rings. The third kappa shape index (κ3) is 5.19. The fourth-order valence-electron chi connectivity index (χ4n) is 3.53. The molecule has 1 aliphatic carbocycles. The Morgan fingerprint density at radius 3 is 2.21 bits per heavy atom. The molecule has 28 heavy (non-hydrogen) atoms. The molecule has 3 N–H and O–H groups in total. The van der Waals surface area contributed by atoms with Crippen molar-refractivity contribution in [3.63, 3.8) is 0 Å². The highest BCUT2D eigenvalue weighted by Gasteiger charge is 2.32.